The van der Waals surface area contributed by atoms with Crippen LogP contribution < -0.4 is 0 Å². The molecule has 0 amide bonds. The van der Waals surface area contributed by atoms with E-state index in [0.717, 1.165) is 157 Å². The Morgan fingerprint density at radius 3 is 1.15 bits per heavy atom. The van der Waals surface area contributed by atoms with Crippen LogP contribution in [0.3, 0.4) is 0 Å². The monoisotopic (exact) mass is 1910 g/mol. The number of hydrogen-bond acceptors (Lipinski definition) is 7. The van der Waals surface area contributed by atoms with E-state index in [1.54, 1.807) is 0 Å². The highest BCUT2D eigenvalue weighted by molar-refractivity contribution is 6.21. The molecule has 18 aromatic carbocycles. The fourth-order valence-electron chi connectivity index (χ4n) is 25.8. The highest BCUT2D eigenvalue weighted by Crippen LogP contribution is 2.59. The zero-order chi connectivity index (χ0) is 99.6. The molecule has 2 unspecified atom stereocenters. The zero-order valence-corrected chi connectivity index (χ0v) is 83.8. The van der Waals surface area contributed by atoms with Gasteiger partial charge in [0.25, 0.3) is 0 Å². The van der Waals surface area contributed by atoms with Crippen molar-refractivity contribution in [3.8, 4) is 124 Å². The van der Waals surface area contributed by atoms with Crippen molar-refractivity contribution in [3.05, 3.63) is 494 Å². The third kappa shape index (κ3) is 13.2. The first-order valence-corrected chi connectivity index (χ1v) is 51.8. The predicted octanol–water partition coefficient (Wildman–Crippen LogP) is 34.8. The quantitative estimate of drug-likeness (QED) is 0.134. The van der Waals surface area contributed by atoms with Crippen molar-refractivity contribution in [2.75, 3.05) is 0 Å². The van der Waals surface area contributed by atoms with Crippen LogP contribution in [-0.4, -0.2) is 48.2 Å². The van der Waals surface area contributed by atoms with Crippen LogP contribution in [0.1, 0.15) is 106 Å². The molecule has 0 aliphatic heterocycles. The van der Waals surface area contributed by atoms with Crippen molar-refractivity contribution in [1.82, 2.24) is 48.2 Å². The molecule has 5 aliphatic rings. The first-order valence-electron chi connectivity index (χ1n) is 51.8. The van der Waals surface area contributed by atoms with Crippen molar-refractivity contribution >= 4 is 109 Å². The minimum atomic E-state index is -0.275. The van der Waals surface area contributed by atoms with Gasteiger partial charge in [-0.3, -0.25) is 0 Å². The summed E-state index contributed by atoms with van der Waals surface area (Å²) in [5, 5.41) is 12.1. The lowest BCUT2D eigenvalue weighted by atomic mass is 9.75. The smallest absolute Gasteiger partial charge is 0.160 e. The van der Waals surface area contributed by atoms with E-state index in [-0.39, 0.29) is 27.6 Å². The van der Waals surface area contributed by atoms with Crippen molar-refractivity contribution < 1.29 is 4.42 Å². The van der Waals surface area contributed by atoms with Crippen LogP contribution in [0.4, 0.5) is 0 Å². The summed E-state index contributed by atoms with van der Waals surface area (Å²) in [5.41, 5.74) is 41.5. The molecular formula is C138H100N10O. The molecule has 0 fully saturated rings. The van der Waals surface area contributed by atoms with Gasteiger partial charge in [-0.25, -0.2) is 29.9 Å². The van der Waals surface area contributed by atoms with Gasteiger partial charge in [-0.15, -0.1) is 0 Å². The summed E-state index contributed by atoms with van der Waals surface area (Å²) in [6, 6.07) is 152. The SMILES string of the molecule is CC1(C)c2ccccc2-c2c(-c3cccc(-n4c5ccccc5c5cc6c(cc54)c4ccccc4n6-c4ccccc4)c3)nc(-c3ccccc3)nc21.CC1(C)c2ccccc2-c2c(-c3ccccc3-n3c4ccccc4c4cc5oc6ccccc6c5cc43)nc(-c3ccccc3)nc21.CC1(C)c2ccccc2-c2cc3c(cc21)c1ccccc1n3-c1cccc(-c2nc(-c3ccccc3)nc3c2C2C=CC=CC2C3(C)C)c1. The molecule has 31 rings (SSSR count). The Morgan fingerprint density at radius 2 is 0.604 bits per heavy atom. The summed E-state index contributed by atoms with van der Waals surface area (Å²) in [7, 11) is 0. The van der Waals surface area contributed by atoms with Gasteiger partial charge in [-0.05, 0) is 160 Å². The van der Waals surface area contributed by atoms with Crippen molar-refractivity contribution in [1.29, 1.82) is 0 Å². The van der Waals surface area contributed by atoms with Crippen molar-refractivity contribution in [3.63, 3.8) is 0 Å². The maximum Gasteiger partial charge on any atom is 0.160 e. The molecule has 8 heterocycles. The number of allylic oxidation sites excluding steroid dienone is 4. The minimum absolute atomic E-state index is 0.0541. The molecule has 11 nitrogen and oxygen atoms in total. The Balaban J connectivity index is 0.000000105. The van der Waals surface area contributed by atoms with E-state index in [9.17, 15) is 0 Å². The third-order valence-electron chi connectivity index (χ3n) is 32.9. The number of aromatic nitrogens is 10. The van der Waals surface area contributed by atoms with Crippen LogP contribution in [-0.2, 0) is 21.7 Å². The number of nitrogens with zero attached hydrogens (tertiary/aromatic N) is 10. The van der Waals surface area contributed by atoms with Crippen molar-refractivity contribution in [2.45, 2.75) is 83.0 Å². The van der Waals surface area contributed by atoms with E-state index >= 15 is 0 Å². The predicted molar refractivity (Wildman–Crippen MR) is 614 cm³/mol. The lowest BCUT2D eigenvalue weighted by Crippen LogP contribution is -2.25. The Labute approximate surface area is 862 Å². The second-order valence-electron chi connectivity index (χ2n) is 42.7. The van der Waals surface area contributed by atoms with E-state index < -0.39 is 0 Å². The number of hydrogen-bond donors (Lipinski definition) is 0. The van der Waals surface area contributed by atoms with Gasteiger partial charge in [0.2, 0.25) is 0 Å². The van der Waals surface area contributed by atoms with Gasteiger partial charge in [0.05, 0.1) is 84.0 Å². The van der Waals surface area contributed by atoms with Gasteiger partial charge in [-0.1, -0.05) is 395 Å². The van der Waals surface area contributed by atoms with Crippen molar-refractivity contribution in [2.24, 2.45) is 5.92 Å². The topological polar surface area (TPSA) is 110 Å². The van der Waals surface area contributed by atoms with Gasteiger partial charge in [-0.2, -0.15) is 0 Å². The molecule has 2 atom stereocenters. The van der Waals surface area contributed by atoms with E-state index in [4.69, 9.17) is 34.3 Å². The third-order valence-corrected chi connectivity index (χ3v) is 32.9. The maximum absolute atomic E-state index is 6.35. The zero-order valence-electron chi connectivity index (χ0n) is 83.8. The second kappa shape index (κ2) is 33.1. The maximum atomic E-state index is 6.35. The van der Waals surface area contributed by atoms with Gasteiger partial charge >= 0.3 is 0 Å². The minimum Gasteiger partial charge on any atom is -0.456 e. The van der Waals surface area contributed by atoms with E-state index in [0.29, 0.717) is 5.92 Å². The fraction of sp³-hybridized carbons (Fsp3) is 0.101. The van der Waals surface area contributed by atoms with E-state index in [2.05, 4.69) is 498 Å². The number of furan rings is 1. The molecule has 708 valence electrons. The van der Waals surface area contributed by atoms with Crippen LogP contribution in [0.15, 0.2) is 453 Å². The molecule has 8 aromatic heterocycles. The van der Waals surface area contributed by atoms with Crippen LogP contribution in [0, 0.1) is 5.92 Å². The van der Waals surface area contributed by atoms with Gasteiger partial charge in [0.1, 0.15) is 11.2 Å². The highest BCUT2D eigenvalue weighted by atomic mass is 16.3. The van der Waals surface area contributed by atoms with Gasteiger partial charge in [0.15, 0.2) is 17.5 Å². The molecule has 0 radical (unpaired) electrons. The average Bonchev–Trinajstić information content (AvgIpc) is 1.56. The number of fused-ring (bicyclic) bond motifs is 27. The summed E-state index contributed by atoms with van der Waals surface area (Å²) in [6.07, 6.45) is 9.10. The Hall–Kier alpha value is -18.3. The molecule has 5 aliphatic carbocycles. The molecule has 11 heteroatoms. The van der Waals surface area contributed by atoms with Crippen LogP contribution in [0.25, 0.3) is 233 Å². The van der Waals surface area contributed by atoms with Crippen LogP contribution in [0.2, 0.25) is 0 Å². The summed E-state index contributed by atoms with van der Waals surface area (Å²) < 4.78 is 16.0. The molecular weight excluding hydrogens is 1810 g/mol. The molecule has 0 N–H and O–H groups in total. The summed E-state index contributed by atoms with van der Waals surface area (Å²) in [6.45, 7) is 18.5. The first-order chi connectivity index (χ1) is 73.0. The molecule has 0 spiro atoms. The van der Waals surface area contributed by atoms with Crippen LogP contribution >= 0.6 is 0 Å². The average molecular weight is 1910 g/mol. The van der Waals surface area contributed by atoms with E-state index in [1.807, 2.05) is 24.3 Å². The number of para-hydroxylation sites is 7. The Morgan fingerprint density at radius 1 is 0.228 bits per heavy atom. The summed E-state index contributed by atoms with van der Waals surface area (Å²) in [5.74, 6) is 2.84. The molecule has 0 bridgehead atoms. The first kappa shape index (κ1) is 87.3. The molecule has 149 heavy (non-hydrogen) atoms. The standard InChI is InChI=1S/C49H34N4.C46H37N3.C43H29N3O/c1-49(2)40-25-12-9-24-37(40)45-46(50-48(51-47(45)49)31-16-5-3-6-17-31)32-18-15-21-34(28-32)53-42-27-14-11-23-36(42)39-29-43-38(30-44(39)53)35-22-10-13-26-41(35)52(43)33-19-7-4-8-20-33;1-45(2)36-22-11-8-19-31(36)34-27-40-35(26-38(34)45)32-20-10-13-24-39(32)49(40)30-18-14-17-29(25-30)42-41-33-21-9-12-23-37(33)46(3,4)43(41)48-44(47-42)28-15-6-5-7-16-28;1-43(2)33-20-10-6-18-29(33)39-40(44-42(45-41(39)43)26-14-4-3-5-15-26)30-19-8-12-22-35(30)46-34-21-11-7-16-27(34)31-25-38-32(24-36(31)46)28-17-9-13-23-37(28)47-38/h3-30H,1-2H3;5-27,33,37H,1-4H3;3-25H,1-2H3. The van der Waals surface area contributed by atoms with E-state index in [1.165, 1.54) is 121 Å². The fourth-order valence-corrected chi connectivity index (χ4v) is 25.8. The number of rotatable bonds is 10. The Bertz CT molecular complexity index is 10200. The number of benzene rings is 18. The lowest BCUT2D eigenvalue weighted by Gasteiger charge is -2.28. The highest BCUT2D eigenvalue weighted by Gasteiger charge is 2.49. The Kier molecular flexibility index (Phi) is 19.4. The molecule has 26 aromatic rings. The van der Waals surface area contributed by atoms with Gasteiger partial charge < -0.3 is 22.7 Å². The molecule has 0 saturated heterocycles. The summed E-state index contributed by atoms with van der Waals surface area (Å²) >= 11 is 0. The lowest BCUT2D eigenvalue weighted by molar-refractivity contribution is 0.388. The normalized spacial score (nSPS) is 15.3. The van der Waals surface area contributed by atoms with Crippen LogP contribution in [0.5, 0.6) is 0 Å². The molecule has 0 saturated carbocycles. The summed E-state index contributed by atoms with van der Waals surface area (Å²) in [4.78, 5) is 32.1. The van der Waals surface area contributed by atoms with Gasteiger partial charge in [0, 0.05) is 149 Å². The second-order valence-corrected chi connectivity index (χ2v) is 42.7. The largest absolute Gasteiger partial charge is 0.456 e.